The Labute approximate surface area is 207 Å². The number of rotatable bonds is 6. The highest BCUT2D eigenvalue weighted by Gasteiger charge is 2.33. The number of anilines is 1. The van der Waals surface area contributed by atoms with Crippen molar-refractivity contribution in [2.75, 3.05) is 40.3 Å². The number of fused-ring (bicyclic) bond motifs is 1. The first-order valence-corrected chi connectivity index (χ1v) is 11.7. The van der Waals surface area contributed by atoms with Gasteiger partial charge in [0, 0.05) is 19.8 Å². The second-order valence-corrected chi connectivity index (χ2v) is 9.18. The Morgan fingerprint density at radius 1 is 1.06 bits per heavy atom. The van der Waals surface area contributed by atoms with E-state index in [1.165, 1.54) is 25.6 Å². The molecule has 0 saturated heterocycles. The number of allylic oxidation sites excluding steroid dienone is 1. The van der Waals surface area contributed by atoms with Crippen molar-refractivity contribution in [3.8, 4) is 11.5 Å². The summed E-state index contributed by atoms with van der Waals surface area (Å²) in [5, 5.41) is 0. The second-order valence-electron chi connectivity index (χ2n) is 8.17. The molecule has 182 valence electrons. The summed E-state index contributed by atoms with van der Waals surface area (Å²) in [5.74, 6) is 0.497. The molecule has 0 bridgehead atoms. The molecule has 8 nitrogen and oxygen atoms in total. The van der Waals surface area contributed by atoms with Crippen molar-refractivity contribution in [1.82, 2.24) is 4.57 Å². The third kappa shape index (κ3) is 4.46. The maximum Gasteiger partial charge on any atom is 0.338 e. The number of carbonyl (C=O) groups excluding carboxylic acids is 1. The van der Waals surface area contributed by atoms with E-state index in [0.717, 1.165) is 11.3 Å². The zero-order valence-corrected chi connectivity index (χ0v) is 21.3. The molecular weight excluding hydrogens is 466 g/mol. The number of esters is 1. The predicted molar refractivity (Wildman–Crippen MR) is 136 cm³/mol. The van der Waals surface area contributed by atoms with Crippen LogP contribution in [0.25, 0.3) is 6.08 Å². The van der Waals surface area contributed by atoms with Crippen LogP contribution in [0.5, 0.6) is 11.5 Å². The van der Waals surface area contributed by atoms with E-state index in [2.05, 4.69) is 4.99 Å². The predicted octanol–water partition coefficient (Wildman–Crippen LogP) is 2.49. The molecular formula is C26H27N3O5S. The Hall–Kier alpha value is -3.85. The average Bonchev–Trinajstić information content (AvgIpc) is 3.16. The van der Waals surface area contributed by atoms with E-state index in [1.54, 1.807) is 30.7 Å². The number of aromatic nitrogens is 1. The van der Waals surface area contributed by atoms with Gasteiger partial charge in [-0.3, -0.25) is 9.36 Å². The van der Waals surface area contributed by atoms with Crippen molar-refractivity contribution < 1.29 is 19.0 Å². The van der Waals surface area contributed by atoms with Gasteiger partial charge in [0.1, 0.15) is 0 Å². The molecule has 35 heavy (non-hydrogen) atoms. The molecule has 0 saturated carbocycles. The quantitative estimate of drug-likeness (QED) is 0.491. The molecule has 1 aromatic heterocycles. The van der Waals surface area contributed by atoms with Gasteiger partial charge in [0.05, 0.1) is 43.2 Å². The van der Waals surface area contributed by atoms with Crippen LogP contribution in [0.1, 0.15) is 24.1 Å². The molecule has 4 rings (SSSR count). The highest BCUT2D eigenvalue weighted by Crippen LogP contribution is 2.35. The van der Waals surface area contributed by atoms with Crippen molar-refractivity contribution >= 4 is 29.1 Å². The standard InChI is InChI=1S/C26H27N3O5S/c1-15-22(25(31)34-6)23(17-9-12-19(32-4)20(14-17)33-5)29-24(30)21(35-26(29)27-15)13-16-7-10-18(11-8-16)28(2)3/h7-14,23H,1-6H3/b21-13+. The summed E-state index contributed by atoms with van der Waals surface area (Å²) in [6.45, 7) is 1.75. The van der Waals surface area contributed by atoms with Gasteiger partial charge in [-0.1, -0.05) is 29.5 Å². The Balaban J connectivity index is 1.93. The fraction of sp³-hybridized carbons (Fsp3) is 0.269. The summed E-state index contributed by atoms with van der Waals surface area (Å²) >= 11 is 1.28. The number of nitrogens with zero attached hydrogens (tertiary/aromatic N) is 3. The number of hydrogen-bond acceptors (Lipinski definition) is 8. The SMILES string of the molecule is COC(=O)C1=C(C)N=c2s/c(=C/c3ccc(N(C)C)cc3)c(=O)n2C1c1ccc(OC)c(OC)c1. The van der Waals surface area contributed by atoms with E-state index in [-0.39, 0.29) is 5.56 Å². The first kappa shape index (κ1) is 24.3. The molecule has 0 radical (unpaired) electrons. The van der Waals surface area contributed by atoms with Crippen molar-refractivity contribution in [3.05, 3.63) is 84.5 Å². The summed E-state index contributed by atoms with van der Waals surface area (Å²) in [4.78, 5) is 33.6. The minimum absolute atomic E-state index is 0.237. The van der Waals surface area contributed by atoms with Gasteiger partial charge in [0.2, 0.25) is 0 Å². The highest BCUT2D eigenvalue weighted by molar-refractivity contribution is 7.07. The second kappa shape index (κ2) is 9.79. The molecule has 0 amide bonds. The van der Waals surface area contributed by atoms with Crippen molar-refractivity contribution in [2.45, 2.75) is 13.0 Å². The number of hydrogen-bond donors (Lipinski definition) is 0. The van der Waals surface area contributed by atoms with Gasteiger partial charge in [0.15, 0.2) is 16.3 Å². The van der Waals surface area contributed by atoms with Crippen LogP contribution >= 0.6 is 11.3 Å². The molecule has 1 aliphatic heterocycles. The van der Waals surface area contributed by atoms with Crippen molar-refractivity contribution in [2.24, 2.45) is 4.99 Å². The Bertz CT molecular complexity index is 1480. The maximum absolute atomic E-state index is 13.7. The molecule has 9 heteroatoms. The van der Waals surface area contributed by atoms with Crippen LogP contribution in [-0.4, -0.2) is 46.0 Å². The van der Waals surface area contributed by atoms with Crippen LogP contribution in [0.2, 0.25) is 0 Å². The summed E-state index contributed by atoms with van der Waals surface area (Å²) < 4.78 is 18.0. The van der Waals surface area contributed by atoms with Gasteiger partial charge >= 0.3 is 5.97 Å². The zero-order valence-electron chi connectivity index (χ0n) is 20.5. The average molecular weight is 494 g/mol. The number of thiazole rings is 1. The molecule has 2 aromatic carbocycles. The molecule has 1 unspecified atom stereocenters. The fourth-order valence-corrected chi connectivity index (χ4v) is 5.10. The summed E-state index contributed by atoms with van der Waals surface area (Å²) in [6, 6.07) is 12.5. The van der Waals surface area contributed by atoms with E-state index >= 15 is 0 Å². The monoisotopic (exact) mass is 493 g/mol. The molecule has 3 aromatic rings. The van der Waals surface area contributed by atoms with E-state index in [1.807, 2.05) is 55.4 Å². The first-order chi connectivity index (χ1) is 16.8. The zero-order chi connectivity index (χ0) is 25.3. The molecule has 1 atom stereocenters. The lowest BCUT2D eigenvalue weighted by Gasteiger charge is -2.25. The van der Waals surface area contributed by atoms with Crippen LogP contribution in [0.15, 0.2) is 63.5 Å². The largest absolute Gasteiger partial charge is 0.493 e. The summed E-state index contributed by atoms with van der Waals surface area (Å²) in [6.07, 6.45) is 1.84. The lowest BCUT2D eigenvalue weighted by molar-refractivity contribution is -0.136. The summed E-state index contributed by atoms with van der Waals surface area (Å²) in [5.41, 5.74) is 3.20. The van der Waals surface area contributed by atoms with Crippen LogP contribution in [0, 0.1) is 0 Å². The molecule has 0 fully saturated rings. The Kier molecular flexibility index (Phi) is 6.79. The Morgan fingerprint density at radius 3 is 2.34 bits per heavy atom. The van der Waals surface area contributed by atoms with Gasteiger partial charge in [-0.05, 0) is 48.4 Å². The van der Waals surface area contributed by atoms with Crippen LogP contribution in [-0.2, 0) is 9.53 Å². The number of ether oxygens (including phenoxy) is 3. The van der Waals surface area contributed by atoms with E-state index in [4.69, 9.17) is 14.2 Å². The number of carbonyl (C=O) groups is 1. The maximum atomic E-state index is 13.7. The van der Waals surface area contributed by atoms with Crippen molar-refractivity contribution in [3.63, 3.8) is 0 Å². The third-order valence-corrected chi connectivity index (χ3v) is 6.84. The van der Waals surface area contributed by atoms with Crippen LogP contribution in [0.3, 0.4) is 0 Å². The van der Waals surface area contributed by atoms with Gasteiger partial charge in [0.25, 0.3) is 5.56 Å². The first-order valence-electron chi connectivity index (χ1n) is 10.9. The minimum Gasteiger partial charge on any atom is -0.493 e. The molecule has 0 spiro atoms. The van der Waals surface area contributed by atoms with Gasteiger partial charge in [-0.2, -0.15) is 0 Å². The fourth-order valence-electron chi connectivity index (χ4n) is 4.05. The lowest BCUT2D eigenvalue weighted by Crippen LogP contribution is -2.39. The number of benzene rings is 2. The van der Waals surface area contributed by atoms with Crippen LogP contribution in [0.4, 0.5) is 5.69 Å². The molecule has 0 aliphatic carbocycles. The Morgan fingerprint density at radius 2 is 1.74 bits per heavy atom. The van der Waals surface area contributed by atoms with Gasteiger partial charge < -0.3 is 19.1 Å². The smallest absolute Gasteiger partial charge is 0.338 e. The third-order valence-electron chi connectivity index (χ3n) is 5.86. The van der Waals surface area contributed by atoms with Crippen LogP contribution < -0.4 is 29.3 Å². The van der Waals surface area contributed by atoms with E-state index in [9.17, 15) is 9.59 Å². The van der Waals surface area contributed by atoms with Gasteiger partial charge in [-0.25, -0.2) is 9.79 Å². The lowest BCUT2D eigenvalue weighted by atomic mass is 9.95. The van der Waals surface area contributed by atoms with Crippen molar-refractivity contribution in [1.29, 1.82) is 0 Å². The summed E-state index contributed by atoms with van der Waals surface area (Å²) in [7, 11) is 8.36. The van der Waals surface area contributed by atoms with E-state index in [0.29, 0.717) is 37.7 Å². The molecule has 1 aliphatic rings. The topological polar surface area (TPSA) is 82.4 Å². The van der Waals surface area contributed by atoms with Gasteiger partial charge in [-0.15, -0.1) is 0 Å². The molecule has 2 heterocycles. The van der Waals surface area contributed by atoms with E-state index < -0.39 is 12.0 Å². The normalized spacial score (nSPS) is 15.4. The molecule has 0 N–H and O–H groups in total. The highest BCUT2D eigenvalue weighted by atomic mass is 32.1. The minimum atomic E-state index is -0.725. The number of methoxy groups -OCH3 is 3.